The Hall–Kier alpha value is -2.67. The SMILES string of the molecule is O=C(N[C@H]1CCCc2ccccc21)[C@@H](Cc1ccccc1)NS(=O)(=O)c1ccc(Cl)cc1. The third-order valence-corrected chi connectivity index (χ3v) is 7.45. The Bertz CT molecular complexity index is 1180. The van der Waals surface area contributed by atoms with Crippen LogP contribution in [0.15, 0.2) is 83.8 Å². The van der Waals surface area contributed by atoms with Gasteiger partial charge in [0, 0.05) is 5.02 Å². The van der Waals surface area contributed by atoms with Gasteiger partial charge in [-0.05, 0) is 66.6 Å². The molecule has 7 heteroatoms. The molecule has 0 aliphatic heterocycles. The molecule has 0 bridgehead atoms. The molecule has 4 rings (SSSR count). The molecule has 0 saturated carbocycles. The van der Waals surface area contributed by atoms with E-state index in [9.17, 15) is 13.2 Å². The van der Waals surface area contributed by atoms with Crippen molar-refractivity contribution in [2.75, 3.05) is 0 Å². The third kappa shape index (κ3) is 5.38. The number of carbonyl (C=O) groups is 1. The summed E-state index contributed by atoms with van der Waals surface area (Å²) in [7, 11) is -3.91. The number of nitrogens with one attached hydrogen (secondary N) is 2. The number of hydrogen-bond acceptors (Lipinski definition) is 3. The molecule has 1 aliphatic carbocycles. The minimum absolute atomic E-state index is 0.0655. The average Bonchev–Trinajstić information content (AvgIpc) is 2.80. The molecule has 5 nitrogen and oxygen atoms in total. The monoisotopic (exact) mass is 468 g/mol. The normalized spacial score (nSPS) is 16.7. The maximum atomic E-state index is 13.3. The fraction of sp³-hybridized carbons (Fsp3) is 0.240. The van der Waals surface area contributed by atoms with E-state index in [1.54, 1.807) is 0 Å². The van der Waals surface area contributed by atoms with Crippen molar-refractivity contribution in [1.29, 1.82) is 0 Å². The summed E-state index contributed by atoms with van der Waals surface area (Å²) >= 11 is 5.90. The van der Waals surface area contributed by atoms with E-state index in [2.05, 4.69) is 16.1 Å². The highest BCUT2D eigenvalue weighted by Gasteiger charge is 2.29. The lowest BCUT2D eigenvalue weighted by Crippen LogP contribution is -2.49. The summed E-state index contributed by atoms with van der Waals surface area (Å²) in [5.41, 5.74) is 3.20. The molecule has 1 amide bonds. The molecule has 3 aromatic carbocycles. The molecule has 0 spiro atoms. The lowest BCUT2D eigenvalue weighted by Gasteiger charge is -2.28. The van der Waals surface area contributed by atoms with Gasteiger partial charge in [-0.15, -0.1) is 0 Å². The highest BCUT2D eigenvalue weighted by molar-refractivity contribution is 7.89. The van der Waals surface area contributed by atoms with Crippen LogP contribution in [-0.2, 0) is 27.7 Å². The second-order valence-corrected chi connectivity index (χ2v) is 10.1. The first-order valence-electron chi connectivity index (χ1n) is 10.6. The first-order valence-corrected chi connectivity index (χ1v) is 12.5. The van der Waals surface area contributed by atoms with Gasteiger partial charge in [-0.1, -0.05) is 66.2 Å². The van der Waals surface area contributed by atoms with Crippen molar-refractivity contribution in [1.82, 2.24) is 10.0 Å². The van der Waals surface area contributed by atoms with Gasteiger partial charge in [-0.25, -0.2) is 8.42 Å². The van der Waals surface area contributed by atoms with E-state index >= 15 is 0 Å². The Morgan fingerprint density at radius 2 is 1.66 bits per heavy atom. The van der Waals surface area contributed by atoms with E-state index in [0.717, 1.165) is 30.4 Å². The summed E-state index contributed by atoms with van der Waals surface area (Å²) in [6.45, 7) is 0. The Labute approximate surface area is 193 Å². The first-order chi connectivity index (χ1) is 15.4. The van der Waals surface area contributed by atoms with E-state index in [1.165, 1.54) is 29.8 Å². The van der Waals surface area contributed by atoms with Crippen LogP contribution in [0.4, 0.5) is 0 Å². The molecule has 2 atom stereocenters. The predicted molar refractivity (Wildman–Crippen MR) is 126 cm³/mol. The summed E-state index contributed by atoms with van der Waals surface area (Å²) in [5.74, 6) is -0.340. The van der Waals surface area contributed by atoms with Gasteiger partial charge in [0.15, 0.2) is 0 Å². The van der Waals surface area contributed by atoms with E-state index in [-0.39, 0.29) is 23.3 Å². The van der Waals surface area contributed by atoms with Crippen LogP contribution in [0.5, 0.6) is 0 Å². The van der Waals surface area contributed by atoms with Crippen molar-refractivity contribution in [3.05, 3.63) is 101 Å². The number of halogens is 1. The third-order valence-electron chi connectivity index (χ3n) is 5.71. The quantitative estimate of drug-likeness (QED) is 0.538. The van der Waals surface area contributed by atoms with E-state index < -0.39 is 16.1 Å². The van der Waals surface area contributed by atoms with Gasteiger partial charge in [0.1, 0.15) is 6.04 Å². The van der Waals surface area contributed by atoms with E-state index in [0.29, 0.717) is 5.02 Å². The number of sulfonamides is 1. The number of benzene rings is 3. The smallest absolute Gasteiger partial charge is 0.241 e. The zero-order valence-corrected chi connectivity index (χ0v) is 19.1. The van der Waals surface area contributed by atoms with Crippen molar-refractivity contribution in [2.24, 2.45) is 0 Å². The number of carbonyl (C=O) groups excluding carboxylic acids is 1. The lowest BCUT2D eigenvalue weighted by atomic mass is 9.87. The van der Waals surface area contributed by atoms with Gasteiger partial charge >= 0.3 is 0 Å². The molecular formula is C25H25ClN2O3S. The summed E-state index contributed by atoms with van der Waals surface area (Å²) in [6, 6.07) is 22.3. The van der Waals surface area contributed by atoms with Crippen molar-refractivity contribution >= 4 is 27.5 Å². The second kappa shape index (κ2) is 9.86. The fourth-order valence-electron chi connectivity index (χ4n) is 4.08. The second-order valence-electron chi connectivity index (χ2n) is 7.97. The topological polar surface area (TPSA) is 75.3 Å². The zero-order chi connectivity index (χ0) is 22.6. The molecular weight excluding hydrogens is 444 g/mol. The van der Waals surface area contributed by atoms with Crippen LogP contribution >= 0.6 is 11.6 Å². The van der Waals surface area contributed by atoms with Crippen molar-refractivity contribution in [3.8, 4) is 0 Å². The Morgan fingerprint density at radius 1 is 0.969 bits per heavy atom. The zero-order valence-electron chi connectivity index (χ0n) is 17.5. The maximum absolute atomic E-state index is 13.3. The Balaban J connectivity index is 1.58. The van der Waals surface area contributed by atoms with Crippen LogP contribution in [0.3, 0.4) is 0 Å². The van der Waals surface area contributed by atoms with Gasteiger partial charge in [0.25, 0.3) is 0 Å². The molecule has 0 radical (unpaired) electrons. The molecule has 166 valence electrons. The molecule has 2 N–H and O–H groups in total. The molecule has 0 heterocycles. The van der Waals surface area contributed by atoms with Crippen molar-refractivity contribution in [3.63, 3.8) is 0 Å². The van der Waals surface area contributed by atoms with E-state index in [4.69, 9.17) is 11.6 Å². The number of aryl methyl sites for hydroxylation is 1. The summed E-state index contributed by atoms with van der Waals surface area (Å²) in [6.07, 6.45) is 3.03. The van der Waals surface area contributed by atoms with Crippen LogP contribution < -0.4 is 10.0 Å². The number of amides is 1. The van der Waals surface area contributed by atoms with Crippen LogP contribution in [0.1, 0.15) is 35.6 Å². The van der Waals surface area contributed by atoms with Gasteiger partial charge in [-0.2, -0.15) is 4.72 Å². The predicted octanol–water partition coefficient (Wildman–Crippen LogP) is 4.42. The Morgan fingerprint density at radius 3 is 2.41 bits per heavy atom. The van der Waals surface area contributed by atoms with Gasteiger partial charge in [-0.3, -0.25) is 4.79 Å². The van der Waals surface area contributed by atoms with E-state index in [1.807, 2.05) is 48.5 Å². The summed E-state index contributed by atoms with van der Waals surface area (Å²) in [5, 5.41) is 3.53. The molecule has 3 aromatic rings. The van der Waals surface area contributed by atoms with Crippen LogP contribution in [0, 0.1) is 0 Å². The largest absolute Gasteiger partial charge is 0.348 e. The number of fused-ring (bicyclic) bond motifs is 1. The van der Waals surface area contributed by atoms with Gasteiger partial charge in [0.05, 0.1) is 10.9 Å². The summed E-state index contributed by atoms with van der Waals surface area (Å²) in [4.78, 5) is 13.4. The van der Waals surface area contributed by atoms with Crippen LogP contribution in [0.25, 0.3) is 0 Å². The van der Waals surface area contributed by atoms with Crippen molar-refractivity contribution in [2.45, 2.75) is 42.7 Å². The summed E-state index contributed by atoms with van der Waals surface area (Å²) < 4.78 is 28.6. The number of rotatable bonds is 7. The minimum Gasteiger partial charge on any atom is -0.348 e. The minimum atomic E-state index is -3.91. The number of hydrogen-bond donors (Lipinski definition) is 2. The lowest BCUT2D eigenvalue weighted by molar-refractivity contribution is -0.123. The van der Waals surface area contributed by atoms with Gasteiger partial charge < -0.3 is 5.32 Å². The average molecular weight is 469 g/mol. The first kappa shape index (κ1) is 22.5. The highest BCUT2D eigenvalue weighted by Crippen LogP contribution is 2.29. The van der Waals surface area contributed by atoms with Crippen molar-refractivity contribution < 1.29 is 13.2 Å². The highest BCUT2D eigenvalue weighted by atomic mass is 35.5. The Kier molecular flexibility index (Phi) is 6.94. The van der Waals surface area contributed by atoms with Crippen LogP contribution in [-0.4, -0.2) is 20.4 Å². The molecule has 0 aromatic heterocycles. The molecule has 1 aliphatic rings. The maximum Gasteiger partial charge on any atom is 0.241 e. The molecule has 0 unspecified atom stereocenters. The fourth-order valence-corrected chi connectivity index (χ4v) is 5.40. The molecule has 0 fully saturated rings. The van der Waals surface area contributed by atoms with Crippen LogP contribution in [0.2, 0.25) is 5.02 Å². The van der Waals surface area contributed by atoms with Gasteiger partial charge in [0.2, 0.25) is 15.9 Å². The molecule has 32 heavy (non-hydrogen) atoms. The molecule has 0 saturated heterocycles. The standard InChI is InChI=1S/C25H25ClN2O3S/c26-20-13-15-21(16-14-20)32(30,31)28-24(17-18-7-2-1-3-8-18)25(29)27-23-12-6-10-19-9-4-5-11-22(19)23/h1-5,7-9,11,13-16,23-24,28H,6,10,12,17H2,(H,27,29)/t23-,24+/m0/s1.